The topological polar surface area (TPSA) is 81.8 Å². The van der Waals surface area contributed by atoms with Gasteiger partial charge in [-0.1, -0.05) is 0 Å². The van der Waals surface area contributed by atoms with Gasteiger partial charge in [0.25, 0.3) is 5.69 Å². The van der Waals surface area contributed by atoms with Crippen LogP contribution in [-0.4, -0.2) is 22.9 Å². The molecule has 1 aliphatic heterocycles. The van der Waals surface area contributed by atoms with Crippen molar-refractivity contribution in [3.05, 3.63) is 28.3 Å². The summed E-state index contributed by atoms with van der Waals surface area (Å²) in [6.07, 6.45) is -0.213. The summed E-state index contributed by atoms with van der Waals surface area (Å²) in [6, 6.07) is 4.15. The third-order valence-corrected chi connectivity index (χ3v) is 2.02. The van der Waals surface area contributed by atoms with Crippen molar-refractivity contribution in [3.63, 3.8) is 0 Å². The maximum Gasteiger partial charge on any atom is 0.273 e. The Morgan fingerprint density at radius 1 is 1.40 bits per heavy atom. The van der Waals surface area contributed by atoms with Crippen molar-refractivity contribution in [2.75, 3.05) is 6.61 Å². The van der Waals surface area contributed by atoms with E-state index in [-0.39, 0.29) is 12.3 Å². The maximum absolute atomic E-state index is 10.5. The van der Waals surface area contributed by atoms with E-state index in [1.54, 1.807) is 0 Å². The number of non-ortho nitro benzene ring substituents is 1. The average molecular weight is 211 g/mol. The number of hydrogen-bond acceptors (Lipinski definition) is 5. The van der Waals surface area contributed by atoms with Crippen molar-refractivity contribution >= 4 is 5.69 Å². The predicted molar refractivity (Wildman–Crippen MR) is 49.8 cm³/mol. The summed E-state index contributed by atoms with van der Waals surface area (Å²) in [5, 5.41) is 19.2. The van der Waals surface area contributed by atoms with Gasteiger partial charge in [-0.05, 0) is 6.07 Å². The quantitative estimate of drug-likeness (QED) is 0.597. The molecule has 1 aromatic carbocycles. The first-order chi connectivity index (χ1) is 7.20. The fraction of sp³-hybridized carbons (Fsp3) is 0.333. The summed E-state index contributed by atoms with van der Waals surface area (Å²) in [7, 11) is 0. The lowest BCUT2D eigenvalue weighted by Gasteiger charge is -2.06. The second kappa shape index (κ2) is 3.74. The summed E-state index contributed by atoms with van der Waals surface area (Å²) in [5.74, 6) is 0.821. The number of rotatable bonds is 3. The number of nitro groups is 1. The van der Waals surface area contributed by atoms with Gasteiger partial charge in [0.1, 0.15) is 0 Å². The SMILES string of the molecule is O=[N+]([O-])c1ccc2c(c1)OC(CCO)O2. The summed E-state index contributed by atoms with van der Waals surface area (Å²) in [6.45, 7) is -0.0548. The van der Waals surface area contributed by atoms with Gasteiger partial charge in [-0.2, -0.15) is 0 Å². The van der Waals surface area contributed by atoms with Crippen molar-refractivity contribution < 1.29 is 19.5 Å². The lowest BCUT2D eigenvalue weighted by atomic mass is 10.3. The Bertz CT molecular complexity index is 392. The first-order valence-electron chi connectivity index (χ1n) is 4.43. The molecule has 6 nitrogen and oxygen atoms in total. The fourth-order valence-corrected chi connectivity index (χ4v) is 1.33. The molecule has 0 radical (unpaired) electrons. The van der Waals surface area contributed by atoms with E-state index < -0.39 is 11.2 Å². The Balaban J connectivity index is 2.20. The van der Waals surface area contributed by atoms with Gasteiger partial charge in [0.15, 0.2) is 11.5 Å². The second-order valence-electron chi connectivity index (χ2n) is 3.07. The number of nitro benzene ring substituents is 1. The molecular formula is C9H9NO5. The smallest absolute Gasteiger partial charge is 0.273 e. The number of ether oxygens (including phenoxy) is 2. The lowest BCUT2D eigenvalue weighted by molar-refractivity contribution is -0.384. The Hall–Kier alpha value is -1.82. The van der Waals surface area contributed by atoms with Crippen LogP contribution in [0.3, 0.4) is 0 Å². The van der Waals surface area contributed by atoms with Crippen molar-refractivity contribution in [1.82, 2.24) is 0 Å². The Kier molecular flexibility index (Phi) is 2.42. The van der Waals surface area contributed by atoms with Gasteiger partial charge in [0.2, 0.25) is 6.29 Å². The molecule has 6 heteroatoms. The Morgan fingerprint density at radius 3 is 2.80 bits per heavy atom. The van der Waals surface area contributed by atoms with Gasteiger partial charge in [-0.15, -0.1) is 0 Å². The summed E-state index contributed by atoms with van der Waals surface area (Å²) < 4.78 is 10.5. The van der Waals surface area contributed by atoms with E-state index in [1.807, 2.05) is 0 Å². The molecule has 1 aromatic rings. The highest BCUT2D eigenvalue weighted by Crippen LogP contribution is 2.37. The van der Waals surface area contributed by atoms with Crippen LogP contribution in [0.15, 0.2) is 18.2 Å². The standard InChI is InChI=1S/C9H9NO5/c11-4-3-9-14-7-2-1-6(10(12)13)5-8(7)15-9/h1-2,5,9,11H,3-4H2. The van der Waals surface area contributed by atoms with Crippen LogP contribution in [0.4, 0.5) is 5.69 Å². The number of aliphatic hydroxyl groups excluding tert-OH is 1. The van der Waals surface area contributed by atoms with Gasteiger partial charge < -0.3 is 14.6 Å². The largest absolute Gasteiger partial charge is 0.451 e. The Labute approximate surface area is 85.2 Å². The molecule has 0 saturated carbocycles. The van der Waals surface area contributed by atoms with Crippen LogP contribution >= 0.6 is 0 Å². The summed E-state index contributed by atoms with van der Waals surface area (Å²) >= 11 is 0. The number of aliphatic hydroxyl groups is 1. The van der Waals surface area contributed by atoms with E-state index in [2.05, 4.69) is 0 Å². The number of nitrogens with zero attached hydrogens (tertiary/aromatic N) is 1. The number of fused-ring (bicyclic) bond motifs is 1. The number of hydrogen-bond donors (Lipinski definition) is 1. The van der Waals surface area contributed by atoms with Crippen molar-refractivity contribution in [2.45, 2.75) is 12.7 Å². The van der Waals surface area contributed by atoms with Gasteiger partial charge in [-0.25, -0.2) is 0 Å². The third-order valence-electron chi connectivity index (χ3n) is 2.02. The molecule has 0 aliphatic carbocycles. The molecule has 1 unspecified atom stereocenters. The van der Waals surface area contributed by atoms with E-state index in [9.17, 15) is 10.1 Å². The van der Waals surface area contributed by atoms with Gasteiger partial charge in [0, 0.05) is 12.5 Å². The van der Waals surface area contributed by atoms with Crippen molar-refractivity contribution in [1.29, 1.82) is 0 Å². The maximum atomic E-state index is 10.5. The predicted octanol–water partition coefficient (Wildman–Crippen LogP) is 1.07. The molecule has 2 rings (SSSR count). The van der Waals surface area contributed by atoms with Crippen molar-refractivity contribution in [2.24, 2.45) is 0 Å². The average Bonchev–Trinajstić information content (AvgIpc) is 2.59. The van der Waals surface area contributed by atoms with Crippen LogP contribution in [0, 0.1) is 10.1 Å². The first-order valence-corrected chi connectivity index (χ1v) is 4.43. The molecule has 0 saturated heterocycles. The van der Waals surface area contributed by atoms with Gasteiger partial charge in [0.05, 0.1) is 17.6 Å². The minimum atomic E-state index is -0.549. The highest BCUT2D eigenvalue weighted by Gasteiger charge is 2.25. The van der Waals surface area contributed by atoms with Crippen LogP contribution in [-0.2, 0) is 0 Å². The highest BCUT2D eigenvalue weighted by atomic mass is 16.7. The van der Waals surface area contributed by atoms with Crippen LogP contribution in [0.2, 0.25) is 0 Å². The summed E-state index contributed by atoms with van der Waals surface area (Å²) in [5.41, 5.74) is -0.0398. The molecule has 0 bridgehead atoms. The van der Waals surface area contributed by atoms with Gasteiger partial charge >= 0.3 is 0 Å². The van der Waals surface area contributed by atoms with E-state index in [4.69, 9.17) is 14.6 Å². The van der Waals surface area contributed by atoms with Crippen LogP contribution in [0.25, 0.3) is 0 Å². The first kappa shape index (κ1) is 9.72. The summed E-state index contributed by atoms with van der Waals surface area (Å²) in [4.78, 5) is 9.98. The minimum absolute atomic E-state index is 0.0398. The molecule has 0 aromatic heterocycles. The number of benzene rings is 1. The third kappa shape index (κ3) is 1.84. The molecule has 1 atom stereocenters. The zero-order valence-corrected chi connectivity index (χ0v) is 7.75. The van der Waals surface area contributed by atoms with E-state index in [1.165, 1.54) is 18.2 Å². The van der Waals surface area contributed by atoms with Crippen molar-refractivity contribution in [3.8, 4) is 11.5 Å². The molecule has 0 spiro atoms. The fourth-order valence-electron chi connectivity index (χ4n) is 1.33. The van der Waals surface area contributed by atoms with Crippen LogP contribution < -0.4 is 9.47 Å². The molecule has 0 amide bonds. The van der Waals surface area contributed by atoms with E-state index in [0.29, 0.717) is 17.9 Å². The van der Waals surface area contributed by atoms with Gasteiger partial charge in [-0.3, -0.25) is 10.1 Å². The van der Waals surface area contributed by atoms with E-state index >= 15 is 0 Å². The second-order valence-corrected chi connectivity index (χ2v) is 3.07. The lowest BCUT2D eigenvalue weighted by Crippen LogP contribution is -2.19. The molecule has 0 fully saturated rings. The zero-order chi connectivity index (χ0) is 10.8. The molecule has 15 heavy (non-hydrogen) atoms. The zero-order valence-electron chi connectivity index (χ0n) is 7.75. The van der Waals surface area contributed by atoms with E-state index in [0.717, 1.165) is 0 Å². The van der Waals surface area contributed by atoms with Crippen LogP contribution in [0.1, 0.15) is 6.42 Å². The molecule has 1 N–H and O–H groups in total. The van der Waals surface area contributed by atoms with Crippen LogP contribution in [0.5, 0.6) is 11.5 Å². The normalized spacial score (nSPS) is 17.8. The monoisotopic (exact) mass is 211 g/mol. The molecule has 1 aliphatic rings. The molecule has 80 valence electrons. The molecular weight excluding hydrogens is 202 g/mol. The molecule has 1 heterocycles. The Morgan fingerprint density at radius 2 is 2.13 bits per heavy atom. The minimum Gasteiger partial charge on any atom is -0.451 e. The highest BCUT2D eigenvalue weighted by molar-refractivity contribution is 5.50.